The minimum Gasteiger partial charge on any atom is -0.494 e. The molecule has 0 aliphatic rings. The number of nitrogens with zero attached hydrogens (tertiary/aromatic N) is 2. The van der Waals surface area contributed by atoms with Crippen LogP contribution < -0.4 is 14.4 Å². The van der Waals surface area contributed by atoms with Crippen LogP contribution in [-0.4, -0.2) is 50.9 Å². The summed E-state index contributed by atoms with van der Waals surface area (Å²) in [5.41, 5.74) is 1.96. The van der Waals surface area contributed by atoms with Gasteiger partial charge in [0.2, 0.25) is 11.8 Å². The zero-order chi connectivity index (χ0) is 30.0. The standard InChI is InChI=1S/C31H38FN3O5S/c1-5-20-33-31(37)29(6-2)34(21-24-10-8-23(4)9-11-24)30(36)22-35(26-14-12-25(32)13-15-26)41(38,39)28-18-16-27(17-19-28)40-7-3/h8-19,29H,5-7,20-22H2,1-4H3,(H,33,37). The topological polar surface area (TPSA) is 96.0 Å². The van der Waals surface area contributed by atoms with Crippen LogP contribution in [0, 0.1) is 12.7 Å². The molecule has 1 unspecified atom stereocenters. The van der Waals surface area contributed by atoms with Gasteiger partial charge in [0, 0.05) is 13.1 Å². The van der Waals surface area contributed by atoms with Gasteiger partial charge in [0.1, 0.15) is 24.2 Å². The Hall–Kier alpha value is -3.92. The number of hydrogen-bond donors (Lipinski definition) is 1. The molecule has 3 aromatic carbocycles. The summed E-state index contributed by atoms with van der Waals surface area (Å²) in [5, 5.41) is 2.86. The third kappa shape index (κ3) is 8.29. The minimum absolute atomic E-state index is 0.0594. The normalized spacial score (nSPS) is 11.9. The zero-order valence-corrected chi connectivity index (χ0v) is 24.8. The quantitative estimate of drug-likeness (QED) is 0.286. The van der Waals surface area contributed by atoms with Crippen LogP contribution in [0.3, 0.4) is 0 Å². The summed E-state index contributed by atoms with van der Waals surface area (Å²) in [4.78, 5) is 28.5. The molecule has 3 rings (SSSR count). The van der Waals surface area contributed by atoms with Crippen molar-refractivity contribution in [2.45, 2.75) is 58.0 Å². The van der Waals surface area contributed by atoms with Crippen molar-refractivity contribution < 1.29 is 27.1 Å². The van der Waals surface area contributed by atoms with Gasteiger partial charge in [0.25, 0.3) is 10.0 Å². The molecule has 41 heavy (non-hydrogen) atoms. The number of anilines is 1. The molecule has 1 atom stereocenters. The zero-order valence-electron chi connectivity index (χ0n) is 24.0. The summed E-state index contributed by atoms with van der Waals surface area (Å²) in [7, 11) is -4.27. The number of nitrogens with one attached hydrogen (secondary N) is 1. The third-order valence-electron chi connectivity index (χ3n) is 6.52. The highest BCUT2D eigenvalue weighted by Gasteiger charge is 2.33. The molecule has 0 spiro atoms. The van der Waals surface area contributed by atoms with Gasteiger partial charge in [0.15, 0.2) is 0 Å². The van der Waals surface area contributed by atoms with E-state index in [1.54, 1.807) is 6.92 Å². The first-order valence-corrected chi connectivity index (χ1v) is 15.2. The van der Waals surface area contributed by atoms with E-state index in [1.807, 2.05) is 45.0 Å². The molecule has 0 radical (unpaired) electrons. The summed E-state index contributed by atoms with van der Waals surface area (Å²) in [5.74, 6) is -0.914. The molecule has 0 aliphatic carbocycles. The van der Waals surface area contributed by atoms with Crippen LogP contribution in [0.1, 0.15) is 44.7 Å². The van der Waals surface area contributed by atoms with Crippen LogP contribution in [-0.2, 0) is 26.2 Å². The highest BCUT2D eigenvalue weighted by molar-refractivity contribution is 7.92. The van der Waals surface area contributed by atoms with Crippen LogP contribution in [0.15, 0.2) is 77.7 Å². The number of carbonyl (C=O) groups is 2. The predicted molar refractivity (Wildman–Crippen MR) is 158 cm³/mol. The van der Waals surface area contributed by atoms with E-state index in [4.69, 9.17) is 4.74 Å². The second-order valence-electron chi connectivity index (χ2n) is 9.61. The Morgan fingerprint density at radius 2 is 1.56 bits per heavy atom. The molecule has 2 amide bonds. The van der Waals surface area contributed by atoms with Crippen molar-refractivity contribution >= 4 is 27.5 Å². The number of carbonyl (C=O) groups excluding carboxylic acids is 2. The lowest BCUT2D eigenvalue weighted by molar-refractivity contribution is -0.140. The Bertz CT molecular complexity index is 1400. The molecule has 8 nitrogen and oxygen atoms in total. The first-order valence-electron chi connectivity index (χ1n) is 13.7. The van der Waals surface area contributed by atoms with E-state index in [-0.39, 0.29) is 23.0 Å². The van der Waals surface area contributed by atoms with Gasteiger partial charge in [-0.15, -0.1) is 0 Å². The van der Waals surface area contributed by atoms with Gasteiger partial charge in [-0.1, -0.05) is 43.7 Å². The number of rotatable bonds is 14. The van der Waals surface area contributed by atoms with Crippen LogP contribution >= 0.6 is 0 Å². The molecule has 3 aromatic rings. The number of sulfonamides is 1. The maximum absolute atomic E-state index is 14.0. The molecular weight excluding hydrogens is 545 g/mol. The Morgan fingerprint density at radius 1 is 0.927 bits per heavy atom. The molecule has 0 bridgehead atoms. The Labute approximate surface area is 242 Å². The molecule has 0 heterocycles. The van der Waals surface area contributed by atoms with Crippen molar-refractivity contribution in [3.8, 4) is 5.75 Å². The van der Waals surface area contributed by atoms with Crippen LogP contribution in [0.4, 0.5) is 10.1 Å². The number of benzene rings is 3. The van der Waals surface area contributed by atoms with Gasteiger partial charge in [0.05, 0.1) is 17.2 Å². The second-order valence-corrected chi connectivity index (χ2v) is 11.5. The second kappa shape index (κ2) is 14.6. The van der Waals surface area contributed by atoms with Crippen molar-refractivity contribution in [3.63, 3.8) is 0 Å². The Morgan fingerprint density at radius 3 is 2.12 bits per heavy atom. The molecule has 0 aliphatic heterocycles. The first kappa shape index (κ1) is 31.6. The Balaban J connectivity index is 2.03. The lowest BCUT2D eigenvalue weighted by Crippen LogP contribution is -2.52. The number of hydrogen-bond acceptors (Lipinski definition) is 5. The number of aryl methyl sites for hydroxylation is 1. The van der Waals surface area contributed by atoms with E-state index < -0.39 is 34.3 Å². The van der Waals surface area contributed by atoms with Crippen molar-refractivity contribution in [2.75, 3.05) is 24.0 Å². The van der Waals surface area contributed by atoms with Crippen molar-refractivity contribution in [3.05, 3.63) is 89.7 Å². The lowest BCUT2D eigenvalue weighted by atomic mass is 10.1. The van der Waals surface area contributed by atoms with E-state index in [0.29, 0.717) is 25.3 Å². The van der Waals surface area contributed by atoms with Crippen molar-refractivity contribution in [2.24, 2.45) is 0 Å². The van der Waals surface area contributed by atoms with E-state index in [2.05, 4.69) is 5.32 Å². The third-order valence-corrected chi connectivity index (χ3v) is 8.31. The van der Waals surface area contributed by atoms with Crippen molar-refractivity contribution in [1.29, 1.82) is 0 Å². The molecule has 10 heteroatoms. The van der Waals surface area contributed by atoms with Crippen LogP contribution in [0.5, 0.6) is 5.75 Å². The maximum atomic E-state index is 14.0. The number of ether oxygens (including phenoxy) is 1. The molecular formula is C31H38FN3O5S. The lowest BCUT2D eigenvalue weighted by Gasteiger charge is -2.33. The smallest absolute Gasteiger partial charge is 0.264 e. The Kier molecular flexibility index (Phi) is 11.3. The average Bonchev–Trinajstić information content (AvgIpc) is 2.96. The maximum Gasteiger partial charge on any atom is 0.264 e. The minimum atomic E-state index is -4.27. The SMILES string of the molecule is CCCNC(=O)C(CC)N(Cc1ccc(C)cc1)C(=O)CN(c1ccc(F)cc1)S(=O)(=O)c1ccc(OCC)cc1. The average molecular weight is 584 g/mol. The number of halogens is 1. The first-order chi connectivity index (χ1) is 19.6. The van der Waals surface area contributed by atoms with Crippen LogP contribution in [0.25, 0.3) is 0 Å². The summed E-state index contributed by atoms with van der Waals surface area (Å²) >= 11 is 0. The van der Waals surface area contributed by atoms with Gasteiger partial charge in [-0.25, -0.2) is 12.8 Å². The van der Waals surface area contributed by atoms with Gasteiger partial charge < -0.3 is 15.0 Å². The highest BCUT2D eigenvalue weighted by Crippen LogP contribution is 2.26. The molecule has 1 N–H and O–H groups in total. The monoisotopic (exact) mass is 583 g/mol. The molecule has 220 valence electrons. The van der Waals surface area contributed by atoms with E-state index >= 15 is 0 Å². The molecule has 0 aromatic heterocycles. The molecule has 0 saturated carbocycles. The highest BCUT2D eigenvalue weighted by atomic mass is 32.2. The molecule has 0 fully saturated rings. The molecule has 0 saturated heterocycles. The van der Waals surface area contributed by atoms with Crippen molar-refractivity contribution in [1.82, 2.24) is 10.2 Å². The van der Waals surface area contributed by atoms with Gasteiger partial charge in [-0.2, -0.15) is 0 Å². The fraction of sp³-hybridized carbons (Fsp3) is 0.355. The van der Waals surface area contributed by atoms with Gasteiger partial charge >= 0.3 is 0 Å². The summed E-state index contributed by atoms with van der Waals surface area (Å²) in [6, 6.07) is 17.5. The van der Waals surface area contributed by atoms with E-state index in [1.165, 1.54) is 41.3 Å². The van der Waals surface area contributed by atoms with E-state index in [0.717, 1.165) is 34.0 Å². The fourth-order valence-corrected chi connectivity index (χ4v) is 5.73. The fourth-order valence-electron chi connectivity index (χ4n) is 4.31. The van der Waals surface area contributed by atoms with Gasteiger partial charge in [-0.05, 0) is 80.8 Å². The summed E-state index contributed by atoms with van der Waals surface area (Å²) in [6.07, 6.45) is 1.06. The predicted octanol–water partition coefficient (Wildman–Crippen LogP) is 5.06. The number of amides is 2. The largest absolute Gasteiger partial charge is 0.494 e. The summed E-state index contributed by atoms with van der Waals surface area (Å²) < 4.78 is 48.0. The van der Waals surface area contributed by atoms with Gasteiger partial charge in [-0.3, -0.25) is 13.9 Å². The van der Waals surface area contributed by atoms with E-state index in [9.17, 15) is 22.4 Å². The van der Waals surface area contributed by atoms with Crippen LogP contribution in [0.2, 0.25) is 0 Å². The summed E-state index contributed by atoms with van der Waals surface area (Å²) in [6.45, 7) is 7.90.